The molecular weight excluding hydrogens is 278 g/mol. The molecule has 0 aromatic heterocycles. The van der Waals surface area contributed by atoms with E-state index in [1.165, 1.54) is 24.2 Å². The van der Waals surface area contributed by atoms with E-state index >= 15 is 0 Å². The van der Waals surface area contributed by atoms with Gasteiger partial charge < -0.3 is 9.80 Å². The minimum atomic E-state index is -0.566. The molecular formula is C17H27N3O2. The molecule has 1 spiro atoms. The van der Waals surface area contributed by atoms with E-state index in [1.807, 2.05) is 6.92 Å². The maximum atomic E-state index is 12.6. The fraction of sp³-hybridized carbons (Fsp3) is 0.765. The van der Waals surface area contributed by atoms with Gasteiger partial charge in [-0.15, -0.1) is 0 Å². The molecule has 0 radical (unpaired) electrons. The Hall–Kier alpha value is -1.36. The Kier molecular flexibility index (Phi) is 4.26. The van der Waals surface area contributed by atoms with Gasteiger partial charge in [0, 0.05) is 33.2 Å². The number of hydrogen-bond acceptors (Lipinski definition) is 3. The summed E-state index contributed by atoms with van der Waals surface area (Å²) in [7, 11) is 1.61. The van der Waals surface area contributed by atoms with Crippen molar-refractivity contribution in [2.45, 2.75) is 44.6 Å². The zero-order valence-electron chi connectivity index (χ0n) is 13.8. The fourth-order valence-corrected chi connectivity index (χ4v) is 4.29. The van der Waals surface area contributed by atoms with Crippen molar-refractivity contribution in [3.05, 3.63) is 12.2 Å². The van der Waals surface area contributed by atoms with Crippen molar-refractivity contribution in [1.29, 1.82) is 0 Å². The van der Waals surface area contributed by atoms with Crippen molar-refractivity contribution in [2.24, 2.45) is 5.92 Å². The molecule has 0 bridgehead atoms. The van der Waals surface area contributed by atoms with Crippen LogP contribution in [0.4, 0.5) is 4.79 Å². The van der Waals surface area contributed by atoms with Crippen molar-refractivity contribution < 1.29 is 9.59 Å². The summed E-state index contributed by atoms with van der Waals surface area (Å²) in [4.78, 5) is 30.4. The molecule has 5 nitrogen and oxygen atoms in total. The lowest BCUT2D eigenvalue weighted by Gasteiger charge is -2.42. The summed E-state index contributed by atoms with van der Waals surface area (Å²) in [5.74, 6) is 0.754. The van der Waals surface area contributed by atoms with Gasteiger partial charge in [0.2, 0.25) is 0 Å². The van der Waals surface area contributed by atoms with Gasteiger partial charge in [0.05, 0.1) is 0 Å². The number of carbonyl (C=O) groups is 2. The van der Waals surface area contributed by atoms with E-state index in [4.69, 9.17) is 0 Å². The standard InChI is InChI=1S/C17H27N3O2/c1-3-20-16(22)18(2)15(21)17(20)9-11-19(12-10-17)13-14-7-5-4-6-8-14/h4-5,14H,3,6-13H2,1-2H3. The smallest absolute Gasteiger partial charge is 0.310 e. The van der Waals surface area contributed by atoms with E-state index < -0.39 is 5.54 Å². The molecule has 3 aliphatic rings. The average molecular weight is 305 g/mol. The molecule has 22 heavy (non-hydrogen) atoms. The SMILES string of the molecule is CCN1C(=O)N(C)C(=O)C12CCN(CC1CC=CCC1)CC2. The topological polar surface area (TPSA) is 43.9 Å². The molecule has 0 aromatic carbocycles. The number of imide groups is 1. The third kappa shape index (κ3) is 2.45. The number of hydrogen-bond donors (Lipinski definition) is 0. The number of rotatable bonds is 3. The molecule has 0 saturated carbocycles. The Morgan fingerprint density at radius 1 is 1.23 bits per heavy atom. The van der Waals surface area contributed by atoms with Gasteiger partial charge in [-0.25, -0.2) is 4.79 Å². The summed E-state index contributed by atoms with van der Waals surface area (Å²) in [6, 6.07) is -0.127. The van der Waals surface area contributed by atoms with Gasteiger partial charge in [0.15, 0.2) is 0 Å². The summed E-state index contributed by atoms with van der Waals surface area (Å²) < 4.78 is 0. The minimum absolute atomic E-state index is 0.000371. The fourth-order valence-electron chi connectivity index (χ4n) is 4.29. The molecule has 5 heteroatoms. The lowest BCUT2D eigenvalue weighted by molar-refractivity contribution is -0.134. The molecule has 2 heterocycles. The van der Waals surface area contributed by atoms with E-state index in [1.54, 1.807) is 11.9 Å². The normalized spacial score (nSPS) is 28.9. The molecule has 0 N–H and O–H groups in total. The van der Waals surface area contributed by atoms with Gasteiger partial charge in [-0.05, 0) is 44.9 Å². The second-order valence-corrected chi connectivity index (χ2v) is 6.87. The van der Waals surface area contributed by atoms with E-state index in [-0.39, 0.29) is 11.9 Å². The van der Waals surface area contributed by atoms with Crippen molar-refractivity contribution in [2.75, 3.05) is 33.2 Å². The number of amides is 3. The molecule has 3 amide bonds. The largest absolute Gasteiger partial charge is 0.327 e. The number of likely N-dealkylation sites (N-methyl/N-ethyl adjacent to an activating group) is 2. The summed E-state index contributed by atoms with van der Waals surface area (Å²) in [5, 5.41) is 0. The Balaban J connectivity index is 1.64. The molecule has 122 valence electrons. The lowest BCUT2D eigenvalue weighted by Crippen LogP contribution is -2.56. The first-order valence-electron chi connectivity index (χ1n) is 8.55. The van der Waals surface area contributed by atoms with Crippen LogP contribution in [0.1, 0.15) is 39.0 Å². The molecule has 1 aliphatic carbocycles. The number of piperidine rings is 1. The van der Waals surface area contributed by atoms with Crippen LogP contribution in [0.3, 0.4) is 0 Å². The van der Waals surface area contributed by atoms with Crippen LogP contribution in [0.5, 0.6) is 0 Å². The molecule has 1 unspecified atom stereocenters. The van der Waals surface area contributed by atoms with E-state index in [9.17, 15) is 9.59 Å². The van der Waals surface area contributed by atoms with Crippen LogP contribution in [0.2, 0.25) is 0 Å². The van der Waals surface area contributed by atoms with Gasteiger partial charge in [-0.3, -0.25) is 9.69 Å². The van der Waals surface area contributed by atoms with Crippen LogP contribution in [-0.2, 0) is 4.79 Å². The highest BCUT2D eigenvalue weighted by molar-refractivity contribution is 6.06. The van der Waals surface area contributed by atoms with Crippen LogP contribution in [-0.4, -0.2) is 65.4 Å². The number of carbonyl (C=O) groups excluding carboxylic acids is 2. The summed E-state index contributed by atoms with van der Waals surface area (Å²) >= 11 is 0. The Labute approximate surface area is 132 Å². The van der Waals surface area contributed by atoms with Gasteiger partial charge in [-0.1, -0.05) is 12.2 Å². The highest BCUT2D eigenvalue weighted by Gasteiger charge is 2.56. The van der Waals surface area contributed by atoms with Gasteiger partial charge >= 0.3 is 6.03 Å². The van der Waals surface area contributed by atoms with Crippen LogP contribution < -0.4 is 0 Å². The van der Waals surface area contributed by atoms with Gasteiger partial charge in [0.1, 0.15) is 5.54 Å². The maximum absolute atomic E-state index is 12.6. The van der Waals surface area contributed by atoms with Crippen LogP contribution in [0, 0.1) is 5.92 Å². The first-order valence-corrected chi connectivity index (χ1v) is 8.55. The Bertz CT molecular complexity index is 480. The van der Waals surface area contributed by atoms with Crippen molar-refractivity contribution in [3.63, 3.8) is 0 Å². The quantitative estimate of drug-likeness (QED) is 0.592. The number of allylic oxidation sites excluding steroid dienone is 2. The van der Waals surface area contributed by atoms with Crippen LogP contribution >= 0.6 is 0 Å². The summed E-state index contributed by atoms with van der Waals surface area (Å²) in [6.45, 7) is 5.55. The molecule has 2 fully saturated rings. The van der Waals surface area contributed by atoms with Crippen molar-refractivity contribution >= 4 is 11.9 Å². The predicted molar refractivity (Wildman–Crippen MR) is 85.4 cm³/mol. The molecule has 3 rings (SSSR count). The number of nitrogens with zero attached hydrogens (tertiary/aromatic N) is 3. The van der Waals surface area contributed by atoms with Crippen molar-refractivity contribution in [3.8, 4) is 0 Å². The first kappa shape index (κ1) is 15.5. The van der Waals surface area contributed by atoms with E-state index in [0.717, 1.165) is 38.4 Å². The Morgan fingerprint density at radius 2 is 1.95 bits per heavy atom. The number of urea groups is 1. The molecule has 0 aromatic rings. The predicted octanol–water partition coefficient (Wildman–Crippen LogP) is 2.09. The monoisotopic (exact) mass is 305 g/mol. The number of likely N-dealkylation sites (tertiary alicyclic amines) is 1. The molecule has 2 aliphatic heterocycles. The molecule has 2 saturated heterocycles. The summed E-state index contributed by atoms with van der Waals surface area (Å²) in [6.07, 6.45) is 9.79. The highest BCUT2D eigenvalue weighted by Crippen LogP contribution is 2.36. The van der Waals surface area contributed by atoms with E-state index in [2.05, 4.69) is 17.1 Å². The second kappa shape index (κ2) is 6.03. The second-order valence-electron chi connectivity index (χ2n) is 6.87. The first-order chi connectivity index (χ1) is 10.6. The third-order valence-electron chi connectivity index (χ3n) is 5.63. The van der Waals surface area contributed by atoms with E-state index in [0.29, 0.717) is 6.54 Å². The zero-order chi connectivity index (χ0) is 15.7. The summed E-state index contributed by atoms with van der Waals surface area (Å²) in [5.41, 5.74) is -0.566. The zero-order valence-corrected chi connectivity index (χ0v) is 13.8. The maximum Gasteiger partial charge on any atom is 0.327 e. The van der Waals surface area contributed by atoms with Gasteiger partial charge in [-0.2, -0.15) is 0 Å². The van der Waals surface area contributed by atoms with Gasteiger partial charge in [0.25, 0.3) is 5.91 Å². The van der Waals surface area contributed by atoms with Crippen LogP contribution in [0.25, 0.3) is 0 Å². The average Bonchev–Trinajstić information content (AvgIpc) is 2.72. The minimum Gasteiger partial charge on any atom is -0.310 e. The lowest BCUT2D eigenvalue weighted by atomic mass is 9.85. The van der Waals surface area contributed by atoms with Crippen LogP contribution in [0.15, 0.2) is 12.2 Å². The highest BCUT2D eigenvalue weighted by atomic mass is 16.2. The third-order valence-corrected chi connectivity index (χ3v) is 5.63. The molecule has 1 atom stereocenters. The van der Waals surface area contributed by atoms with Crippen molar-refractivity contribution in [1.82, 2.24) is 14.7 Å². The Morgan fingerprint density at radius 3 is 2.55 bits per heavy atom.